The monoisotopic (exact) mass is 288 g/mol. The first-order chi connectivity index (χ1) is 10.1. The second-order valence-corrected chi connectivity index (χ2v) is 4.82. The number of ether oxygens (including phenoxy) is 2. The standard InChI is InChI=1S/C17H20O4/c1-12(18)15-8-3-4-9-17(15)21-11-16(19)13-6-5-7-14(10-13)20-2/h3-10,12,16,18-19H,11H2,1-2H3. The molecule has 2 aromatic carbocycles. The summed E-state index contributed by atoms with van der Waals surface area (Å²) in [5.74, 6) is 1.27. The van der Waals surface area contributed by atoms with E-state index in [1.54, 1.807) is 32.2 Å². The van der Waals surface area contributed by atoms with Crippen molar-refractivity contribution in [1.82, 2.24) is 0 Å². The minimum atomic E-state index is -0.762. The van der Waals surface area contributed by atoms with Crippen LogP contribution in [-0.4, -0.2) is 23.9 Å². The lowest BCUT2D eigenvalue weighted by atomic mass is 10.1. The predicted octanol–water partition coefficient (Wildman–Crippen LogP) is 2.86. The van der Waals surface area contributed by atoms with Gasteiger partial charge in [-0.1, -0.05) is 30.3 Å². The Bertz CT molecular complexity index is 581. The van der Waals surface area contributed by atoms with Gasteiger partial charge in [0, 0.05) is 5.56 Å². The van der Waals surface area contributed by atoms with E-state index in [1.807, 2.05) is 30.3 Å². The van der Waals surface area contributed by atoms with E-state index >= 15 is 0 Å². The van der Waals surface area contributed by atoms with E-state index in [-0.39, 0.29) is 6.61 Å². The lowest BCUT2D eigenvalue weighted by Crippen LogP contribution is -2.11. The zero-order valence-electron chi connectivity index (χ0n) is 12.2. The highest BCUT2D eigenvalue weighted by atomic mass is 16.5. The van der Waals surface area contributed by atoms with Crippen molar-refractivity contribution in [1.29, 1.82) is 0 Å². The van der Waals surface area contributed by atoms with Crippen LogP contribution in [0.3, 0.4) is 0 Å². The maximum atomic E-state index is 10.2. The zero-order chi connectivity index (χ0) is 15.2. The third kappa shape index (κ3) is 3.97. The van der Waals surface area contributed by atoms with Crippen molar-refractivity contribution >= 4 is 0 Å². The summed E-state index contributed by atoms with van der Waals surface area (Å²) in [7, 11) is 1.58. The molecular weight excluding hydrogens is 268 g/mol. The van der Waals surface area contributed by atoms with E-state index in [2.05, 4.69) is 0 Å². The molecule has 4 nitrogen and oxygen atoms in total. The molecule has 0 saturated heterocycles. The fourth-order valence-corrected chi connectivity index (χ4v) is 2.07. The van der Waals surface area contributed by atoms with Crippen LogP contribution in [0.1, 0.15) is 30.3 Å². The Morgan fingerprint density at radius 1 is 1.05 bits per heavy atom. The molecule has 0 aromatic heterocycles. The molecule has 21 heavy (non-hydrogen) atoms. The Kier molecular flexibility index (Phi) is 5.20. The zero-order valence-corrected chi connectivity index (χ0v) is 12.2. The molecule has 0 bridgehead atoms. The topological polar surface area (TPSA) is 58.9 Å². The van der Waals surface area contributed by atoms with Gasteiger partial charge < -0.3 is 19.7 Å². The molecule has 0 aliphatic carbocycles. The van der Waals surface area contributed by atoms with E-state index in [9.17, 15) is 10.2 Å². The number of rotatable bonds is 6. The molecule has 112 valence electrons. The van der Waals surface area contributed by atoms with Crippen LogP contribution in [0.25, 0.3) is 0 Å². The van der Waals surface area contributed by atoms with Gasteiger partial charge in [-0.05, 0) is 30.7 Å². The number of para-hydroxylation sites is 1. The highest BCUT2D eigenvalue weighted by molar-refractivity contribution is 5.35. The van der Waals surface area contributed by atoms with Crippen LogP contribution in [0.4, 0.5) is 0 Å². The third-order valence-electron chi connectivity index (χ3n) is 3.24. The Labute approximate surface area is 124 Å². The van der Waals surface area contributed by atoms with E-state index in [1.165, 1.54) is 0 Å². The lowest BCUT2D eigenvalue weighted by molar-refractivity contribution is 0.104. The Hall–Kier alpha value is -2.04. The molecule has 0 spiro atoms. The van der Waals surface area contributed by atoms with Crippen LogP contribution in [0.2, 0.25) is 0 Å². The van der Waals surface area contributed by atoms with Crippen molar-refractivity contribution < 1.29 is 19.7 Å². The molecule has 2 rings (SSSR count). The fraction of sp³-hybridized carbons (Fsp3) is 0.294. The second kappa shape index (κ2) is 7.11. The van der Waals surface area contributed by atoms with Crippen LogP contribution in [-0.2, 0) is 0 Å². The smallest absolute Gasteiger partial charge is 0.125 e. The van der Waals surface area contributed by atoms with Crippen molar-refractivity contribution in [2.75, 3.05) is 13.7 Å². The van der Waals surface area contributed by atoms with E-state index in [0.717, 1.165) is 5.56 Å². The van der Waals surface area contributed by atoms with Gasteiger partial charge in [-0.3, -0.25) is 0 Å². The quantitative estimate of drug-likeness (QED) is 0.858. The maximum absolute atomic E-state index is 10.2. The molecule has 4 heteroatoms. The molecule has 0 fully saturated rings. The van der Waals surface area contributed by atoms with Crippen molar-refractivity contribution in [3.63, 3.8) is 0 Å². The summed E-state index contributed by atoms with van der Waals surface area (Å²) >= 11 is 0. The predicted molar refractivity (Wildman–Crippen MR) is 80.5 cm³/mol. The van der Waals surface area contributed by atoms with Crippen molar-refractivity contribution in [3.8, 4) is 11.5 Å². The summed E-state index contributed by atoms with van der Waals surface area (Å²) in [6.45, 7) is 1.79. The molecule has 0 saturated carbocycles. The van der Waals surface area contributed by atoms with Gasteiger partial charge in [0.05, 0.1) is 13.2 Å². The van der Waals surface area contributed by atoms with Crippen LogP contribution < -0.4 is 9.47 Å². The molecule has 2 N–H and O–H groups in total. The molecule has 0 aliphatic rings. The van der Waals surface area contributed by atoms with E-state index in [4.69, 9.17) is 9.47 Å². The van der Waals surface area contributed by atoms with Crippen LogP contribution in [0, 0.1) is 0 Å². The number of hydrogen-bond acceptors (Lipinski definition) is 4. The number of methoxy groups -OCH3 is 1. The highest BCUT2D eigenvalue weighted by Gasteiger charge is 2.12. The Morgan fingerprint density at radius 3 is 2.52 bits per heavy atom. The van der Waals surface area contributed by atoms with Crippen molar-refractivity contribution in [3.05, 3.63) is 59.7 Å². The summed E-state index contributed by atoms with van der Waals surface area (Å²) in [5.41, 5.74) is 1.43. The highest BCUT2D eigenvalue weighted by Crippen LogP contribution is 2.26. The van der Waals surface area contributed by atoms with Crippen molar-refractivity contribution in [2.24, 2.45) is 0 Å². The minimum absolute atomic E-state index is 0.108. The van der Waals surface area contributed by atoms with E-state index < -0.39 is 12.2 Å². The molecule has 2 aromatic rings. The molecule has 2 unspecified atom stereocenters. The van der Waals surface area contributed by atoms with Gasteiger partial charge in [0.15, 0.2) is 0 Å². The Balaban J connectivity index is 2.05. The van der Waals surface area contributed by atoms with Gasteiger partial charge in [-0.15, -0.1) is 0 Å². The molecule has 0 heterocycles. The van der Waals surface area contributed by atoms with Gasteiger partial charge >= 0.3 is 0 Å². The molecule has 0 aliphatic heterocycles. The normalized spacial score (nSPS) is 13.5. The Morgan fingerprint density at radius 2 is 1.81 bits per heavy atom. The maximum Gasteiger partial charge on any atom is 0.125 e. The molecule has 0 amide bonds. The summed E-state index contributed by atoms with van der Waals surface area (Å²) in [6.07, 6.45) is -1.38. The molecule has 0 radical (unpaired) electrons. The van der Waals surface area contributed by atoms with Gasteiger partial charge in [0.2, 0.25) is 0 Å². The summed E-state index contributed by atoms with van der Waals surface area (Å²) < 4.78 is 10.8. The summed E-state index contributed by atoms with van der Waals surface area (Å²) in [5, 5.41) is 19.9. The number of benzene rings is 2. The number of aliphatic hydroxyl groups excluding tert-OH is 2. The second-order valence-electron chi connectivity index (χ2n) is 4.82. The first-order valence-electron chi connectivity index (χ1n) is 6.83. The first-order valence-corrected chi connectivity index (χ1v) is 6.83. The van der Waals surface area contributed by atoms with E-state index in [0.29, 0.717) is 17.1 Å². The minimum Gasteiger partial charge on any atom is -0.497 e. The van der Waals surface area contributed by atoms with Crippen molar-refractivity contribution in [2.45, 2.75) is 19.1 Å². The summed E-state index contributed by atoms with van der Waals surface area (Å²) in [6, 6.07) is 14.5. The third-order valence-corrected chi connectivity index (χ3v) is 3.24. The van der Waals surface area contributed by atoms with Crippen LogP contribution in [0.5, 0.6) is 11.5 Å². The van der Waals surface area contributed by atoms with Crippen LogP contribution >= 0.6 is 0 Å². The first kappa shape index (κ1) is 15.4. The molecule has 2 atom stereocenters. The number of aliphatic hydroxyl groups is 2. The van der Waals surface area contributed by atoms with Gasteiger partial charge in [0.25, 0.3) is 0 Å². The van der Waals surface area contributed by atoms with Gasteiger partial charge in [-0.25, -0.2) is 0 Å². The lowest BCUT2D eigenvalue weighted by Gasteiger charge is -2.16. The number of hydrogen-bond donors (Lipinski definition) is 2. The van der Waals surface area contributed by atoms with Gasteiger partial charge in [-0.2, -0.15) is 0 Å². The largest absolute Gasteiger partial charge is 0.497 e. The van der Waals surface area contributed by atoms with Gasteiger partial charge in [0.1, 0.15) is 24.2 Å². The average molecular weight is 288 g/mol. The fourth-order valence-electron chi connectivity index (χ4n) is 2.07. The van der Waals surface area contributed by atoms with Crippen LogP contribution in [0.15, 0.2) is 48.5 Å². The molecular formula is C17H20O4. The SMILES string of the molecule is COc1cccc(C(O)COc2ccccc2C(C)O)c1. The average Bonchev–Trinajstić information content (AvgIpc) is 2.52. The summed E-state index contributed by atoms with van der Waals surface area (Å²) in [4.78, 5) is 0.